The second kappa shape index (κ2) is 11.6. The zero-order chi connectivity index (χ0) is 30.1. The quantitative estimate of drug-likeness (QED) is 0.174. The zero-order valence-electron chi connectivity index (χ0n) is 21.1. The number of aromatic nitrogens is 3. The molecule has 8 nitrogen and oxygen atoms in total. The maximum Gasteiger partial charge on any atom is 0.416 e. The van der Waals surface area contributed by atoms with Crippen LogP contribution in [0.25, 0.3) is 22.3 Å². The first-order valence-corrected chi connectivity index (χ1v) is 14.6. The molecule has 0 fully saturated rings. The van der Waals surface area contributed by atoms with Crippen LogP contribution in [0, 0.1) is 5.82 Å². The smallest absolute Gasteiger partial charge is 0.416 e. The van der Waals surface area contributed by atoms with E-state index >= 15 is 4.39 Å². The Morgan fingerprint density at radius 3 is 2.48 bits per heavy atom. The molecule has 216 valence electrons. The number of sulfonamides is 1. The third-order valence-electron chi connectivity index (χ3n) is 5.92. The highest BCUT2D eigenvalue weighted by Crippen LogP contribution is 2.41. The van der Waals surface area contributed by atoms with Gasteiger partial charge in [0.1, 0.15) is 27.7 Å². The fourth-order valence-corrected chi connectivity index (χ4v) is 6.00. The SMILES string of the molecule is NCc1cc(-c2cc(-c3cccc(C(F)(F)F)c3)ccc2Oc2cc(F)c(S(=O)(=O)Nc3nncs3)cc2Cl)ccn1. The summed E-state index contributed by atoms with van der Waals surface area (Å²) in [7, 11) is -4.39. The highest BCUT2D eigenvalue weighted by Gasteiger charge is 2.30. The van der Waals surface area contributed by atoms with Crippen LogP contribution >= 0.6 is 22.9 Å². The first kappa shape index (κ1) is 29.4. The molecule has 0 aliphatic rings. The number of hydrogen-bond donors (Lipinski definition) is 2. The molecule has 2 aromatic heterocycles. The Morgan fingerprint density at radius 2 is 1.76 bits per heavy atom. The van der Waals surface area contributed by atoms with Crippen molar-refractivity contribution in [3.63, 3.8) is 0 Å². The molecule has 0 unspecified atom stereocenters. The summed E-state index contributed by atoms with van der Waals surface area (Å²) in [4.78, 5) is 3.43. The molecule has 0 aliphatic carbocycles. The topological polar surface area (TPSA) is 120 Å². The van der Waals surface area contributed by atoms with E-state index in [0.717, 1.165) is 35.6 Å². The first-order valence-electron chi connectivity index (χ1n) is 11.9. The predicted octanol–water partition coefficient (Wildman–Crippen LogP) is 7.13. The molecule has 5 rings (SSSR count). The van der Waals surface area contributed by atoms with Crippen LogP contribution in [-0.2, 0) is 22.7 Å². The number of ether oxygens (including phenoxy) is 1. The Labute approximate surface area is 245 Å². The van der Waals surface area contributed by atoms with E-state index in [1.807, 2.05) is 0 Å². The molecular formula is C27H18ClF4N5O3S2. The predicted molar refractivity (Wildman–Crippen MR) is 150 cm³/mol. The minimum absolute atomic E-state index is 0.0643. The maximum atomic E-state index is 15.1. The molecule has 42 heavy (non-hydrogen) atoms. The molecule has 0 atom stereocenters. The van der Waals surface area contributed by atoms with Gasteiger partial charge in [-0.1, -0.05) is 41.1 Å². The second-order valence-corrected chi connectivity index (χ2v) is 11.6. The Hall–Kier alpha value is -4.11. The van der Waals surface area contributed by atoms with Gasteiger partial charge in [0.15, 0.2) is 0 Å². The van der Waals surface area contributed by atoms with E-state index < -0.39 is 32.5 Å². The second-order valence-electron chi connectivity index (χ2n) is 8.69. The van der Waals surface area contributed by atoms with Crippen LogP contribution < -0.4 is 15.2 Å². The van der Waals surface area contributed by atoms with Crippen LogP contribution in [-0.4, -0.2) is 23.6 Å². The minimum Gasteiger partial charge on any atom is -0.455 e. The molecule has 0 radical (unpaired) electrons. The summed E-state index contributed by atoms with van der Waals surface area (Å²) in [6.45, 7) is 0.120. The summed E-state index contributed by atoms with van der Waals surface area (Å²) in [6.07, 6.45) is -3.02. The van der Waals surface area contributed by atoms with Crippen LogP contribution in [0.2, 0.25) is 5.02 Å². The first-order chi connectivity index (χ1) is 19.9. The molecule has 0 bridgehead atoms. The standard InChI is InChI=1S/C27H18ClF4N5O3S2/c28-21-11-25(42(38,39)37-26-36-35-14-41-26)22(29)12-24(21)40-23-5-4-16(15-2-1-3-18(8-15)27(30,31)32)10-20(23)17-6-7-34-19(9-17)13-33/h1-12,14H,13,33H2,(H,36,37). The zero-order valence-corrected chi connectivity index (χ0v) is 23.5. The van der Waals surface area contributed by atoms with Gasteiger partial charge in [-0.2, -0.15) is 13.2 Å². The highest BCUT2D eigenvalue weighted by molar-refractivity contribution is 7.93. The number of benzene rings is 3. The Kier molecular flexibility index (Phi) is 8.14. The van der Waals surface area contributed by atoms with Crippen molar-refractivity contribution in [3.05, 3.63) is 101 Å². The van der Waals surface area contributed by atoms with Crippen molar-refractivity contribution >= 4 is 38.1 Å². The van der Waals surface area contributed by atoms with E-state index in [1.165, 1.54) is 36.0 Å². The Bertz CT molecular complexity index is 1870. The lowest BCUT2D eigenvalue weighted by atomic mass is 9.97. The number of anilines is 1. The molecular weight excluding hydrogens is 618 g/mol. The van der Waals surface area contributed by atoms with Gasteiger partial charge in [0, 0.05) is 24.4 Å². The summed E-state index contributed by atoms with van der Waals surface area (Å²) >= 11 is 7.23. The fraction of sp³-hybridized carbons (Fsp3) is 0.0741. The van der Waals surface area contributed by atoms with Crippen molar-refractivity contribution in [3.8, 4) is 33.8 Å². The number of pyridine rings is 1. The molecule has 0 saturated carbocycles. The number of alkyl halides is 3. The van der Waals surface area contributed by atoms with Gasteiger partial charge < -0.3 is 10.5 Å². The average molecular weight is 636 g/mol. The van der Waals surface area contributed by atoms with E-state index in [-0.39, 0.29) is 28.2 Å². The number of nitrogens with two attached hydrogens (primary N) is 1. The number of nitrogens with one attached hydrogen (secondary N) is 1. The summed E-state index contributed by atoms with van der Waals surface area (Å²) in [6, 6.07) is 14.5. The van der Waals surface area contributed by atoms with Crippen LogP contribution in [0.15, 0.2) is 83.3 Å². The molecule has 3 N–H and O–H groups in total. The Balaban J connectivity index is 1.56. The van der Waals surface area contributed by atoms with Crippen molar-refractivity contribution in [1.29, 1.82) is 0 Å². The van der Waals surface area contributed by atoms with Crippen LogP contribution in [0.1, 0.15) is 11.3 Å². The number of hydrogen-bond acceptors (Lipinski definition) is 8. The van der Waals surface area contributed by atoms with Crippen molar-refractivity contribution in [1.82, 2.24) is 15.2 Å². The molecule has 0 amide bonds. The monoisotopic (exact) mass is 635 g/mol. The number of nitrogens with zero attached hydrogens (tertiary/aromatic N) is 3. The third kappa shape index (κ3) is 6.36. The summed E-state index contributed by atoms with van der Waals surface area (Å²) in [5.74, 6) is -1.20. The van der Waals surface area contributed by atoms with Gasteiger partial charge in [-0.3, -0.25) is 9.71 Å². The fourth-order valence-electron chi connectivity index (χ4n) is 3.96. The van der Waals surface area contributed by atoms with Crippen molar-refractivity contribution < 1.29 is 30.7 Å². The van der Waals surface area contributed by atoms with Gasteiger partial charge in [0.25, 0.3) is 10.0 Å². The number of rotatable bonds is 8. The van der Waals surface area contributed by atoms with Gasteiger partial charge in [0.2, 0.25) is 5.13 Å². The van der Waals surface area contributed by atoms with Crippen molar-refractivity contribution in [2.45, 2.75) is 17.6 Å². The largest absolute Gasteiger partial charge is 0.455 e. The molecule has 3 aromatic carbocycles. The summed E-state index contributed by atoms with van der Waals surface area (Å²) in [5.41, 5.74) is 8.48. The molecule has 0 spiro atoms. The molecule has 15 heteroatoms. The van der Waals surface area contributed by atoms with Crippen molar-refractivity contribution in [2.24, 2.45) is 5.73 Å². The lowest BCUT2D eigenvalue weighted by Crippen LogP contribution is -2.14. The van der Waals surface area contributed by atoms with E-state index in [9.17, 15) is 21.6 Å². The summed E-state index contributed by atoms with van der Waals surface area (Å²) in [5, 5.41) is 6.82. The normalized spacial score (nSPS) is 11.9. The van der Waals surface area contributed by atoms with E-state index in [0.29, 0.717) is 27.9 Å². The van der Waals surface area contributed by atoms with Gasteiger partial charge in [-0.25, -0.2) is 12.8 Å². The minimum atomic E-state index is -4.53. The van der Waals surface area contributed by atoms with Crippen LogP contribution in [0.3, 0.4) is 0 Å². The van der Waals surface area contributed by atoms with E-state index in [1.54, 1.807) is 18.2 Å². The van der Waals surface area contributed by atoms with Gasteiger partial charge in [-0.15, -0.1) is 10.2 Å². The lowest BCUT2D eigenvalue weighted by Gasteiger charge is -2.16. The van der Waals surface area contributed by atoms with Gasteiger partial charge >= 0.3 is 6.18 Å². The van der Waals surface area contributed by atoms with Gasteiger partial charge in [0.05, 0.1) is 16.3 Å². The molecule has 2 heterocycles. The van der Waals surface area contributed by atoms with Crippen molar-refractivity contribution in [2.75, 3.05) is 4.72 Å². The molecule has 0 saturated heterocycles. The Morgan fingerprint density at radius 1 is 0.976 bits per heavy atom. The highest BCUT2D eigenvalue weighted by atomic mass is 35.5. The van der Waals surface area contributed by atoms with Crippen LogP contribution in [0.5, 0.6) is 11.5 Å². The maximum absolute atomic E-state index is 15.1. The third-order valence-corrected chi connectivity index (χ3v) is 8.30. The molecule has 0 aliphatic heterocycles. The van der Waals surface area contributed by atoms with Crippen LogP contribution in [0.4, 0.5) is 22.7 Å². The van der Waals surface area contributed by atoms with E-state index in [2.05, 4.69) is 19.9 Å². The lowest BCUT2D eigenvalue weighted by molar-refractivity contribution is -0.137. The number of halogens is 5. The van der Waals surface area contributed by atoms with Gasteiger partial charge in [-0.05, 0) is 59.2 Å². The average Bonchev–Trinajstić information content (AvgIpc) is 3.47. The molecule has 5 aromatic rings. The summed E-state index contributed by atoms with van der Waals surface area (Å²) < 4.78 is 88.6. The van der Waals surface area contributed by atoms with E-state index in [4.69, 9.17) is 22.1 Å².